The molecule has 0 aliphatic heterocycles. The lowest BCUT2D eigenvalue weighted by molar-refractivity contribution is 0.0623. The van der Waals surface area contributed by atoms with Crippen LogP contribution in [0, 0.1) is 0 Å². The molecule has 20 heavy (non-hydrogen) atoms. The Hall–Kier alpha value is -1.26. The number of rotatable bonds is 7. The molecule has 1 aliphatic rings. The molecule has 0 aromatic carbocycles. The minimum absolute atomic E-state index is 0.0572. The van der Waals surface area contributed by atoms with Gasteiger partial charge in [0.1, 0.15) is 0 Å². The largest absolute Gasteiger partial charge is 0.449 e. The van der Waals surface area contributed by atoms with Crippen molar-refractivity contribution in [3.8, 4) is 0 Å². The van der Waals surface area contributed by atoms with Crippen LogP contribution in [0.2, 0.25) is 0 Å². The molecule has 0 atom stereocenters. The van der Waals surface area contributed by atoms with Gasteiger partial charge in [-0.1, -0.05) is 39.5 Å². The van der Waals surface area contributed by atoms with Gasteiger partial charge in [-0.2, -0.15) is 0 Å². The minimum atomic E-state index is -0.549. The van der Waals surface area contributed by atoms with E-state index < -0.39 is 12.2 Å². The summed E-state index contributed by atoms with van der Waals surface area (Å²) in [5.74, 6) is 0. The minimum Gasteiger partial charge on any atom is -0.449 e. The van der Waals surface area contributed by atoms with E-state index in [2.05, 4.69) is 0 Å². The highest BCUT2D eigenvalue weighted by Gasteiger charge is 2.34. The van der Waals surface area contributed by atoms with Crippen LogP contribution in [0.15, 0.2) is 0 Å². The van der Waals surface area contributed by atoms with E-state index in [4.69, 9.17) is 9.47 Å². The Morgan fingerprint density at radius 3 is 1.80 bits per heavy atom. The number of nitrogens with zero attached hydrogens (tertiary/aromatic N) is 1. The van der Waals surface area contributed by atoms with Crippen LogP contribution in [-0.2, 0) is 9.47 Å². The van der Waals surface area contributed by atoms with Gasteiger partial charge in [0.05, 0.1) is 13.2 Å². The normalized spacial score (nSPS) is 15.1. The molecule has 5 nitrogen and oxygen atoms in total. The van der Waals surface area contributed by atoms with Gasteiger partial charge in [-0.25, -0.2) is 14.5 Å². The molecule has 0 radical (unpaired) electrons. The molecule has 1 aliphatic carbocycles. The number of ether oxygens (including phenoxy) is 2. The van der Waals surface area contributed by atoms with E-state index in [1.54, 1.807) is 0 Å². The third-order valence-electron chi connectivity index (χ3n) is 3.53. The number of hydrogen-bond acceptors (Lipinski definition) is 4. The highest BCUT2D eigenvalue weighted by molar-refractivity contribution is 5.88. The number of carbonyl (C=O) groups excluding carboxylic acids is 2. The van der Waals surface area contributed by atoms with Crippen LogP contribution in [-0.4, -0.2) is 36.3 Å². The average Bonchev–Trinajstić information content (AvgIpc) is 2.93. The van der Waals surface area contributed by atoms with E-state index in [-0.39, 0.29) is 6.04 Å². The van der Waals surface area contributed by atoms with Crippen LogP contribution in [0.5, 0.6) is 0 Å². The second kappa shape index (κ2) is 9.61. The van der Waals surface area contributed by atoms with Crippen molar-refractivity contribution in [1.29, 1.82) is 0 Å². The Bertz CT molecular complexity index is 278. The molecule has 0 heterocycles. The molecule has 1 rings (SSSR count). The fourth-order valence-corrected chi connectivity index (χ4v) is 2.28. The van der Waals surface area contributed by atoms with Gasteiger partial charge >= 0.3 is 12.2 Å². The molecule has 0 bridgehead atoms. The first-order valence-corrected chi connectivity index (χ1v) is 7.83. The van der Waals surface area contributed by atoms with Crippen LogP contribution in [0.4, 0.5) is 9.59 Å². The van der Waals surface area contributed by atoms with E-state index in [0.29, 0.717) is 13.2 Å². The highest BCUT2D eigenvalue weighted by atomic mass is 16.6. The summed E-state index contributed by atoms with van der Waals surface area (Å²) in [7, 11) is 0. The second-order valence-electron chi connectivity index (χ2n) is 5.24. The van der Waals surface area contributed by atoms with Gasteiger partial charge in [0, 0.05) is 6.04 Å². The Labute approximate surface area is 121 Å². The lowest BCUT2D eigenvalue weighted by Crippen LogP contribution is -2.44. The highest BCUT2D eigenvalue weighted by Crippen LogP contribution is 2.24. The molecule has 1 fully saturated rings. The standard InChI is InChI=1S/C15H27NO4/c1-3-5-11-19-14(17)16(13-9-7-8-10-13)15(18)20-12-6-4-2/h13H,3-12H2,1-2H3. The molecule has 2 amide bonds. The first-order chi connectivity index (χ1) is 9.70. The van der Waals surface area contributed by atoms with Crippen molar-refractivity contribution in [3.05, 3.63) is 0 Å². The van der Waals surface area contributed by atoms with Crippen LogP contribution in [0.1, 0.15) is 65.2 Å². The van der Waals surface area contributed by atoms with Crippen LogP contribution < -0.4 is 0 Å². The van der Waals surface area contributed by atoms with Crippen LogP contribution in [0.3, 0.4) is 0 Å². The first-order valence-electron chi connectivity index (χ1n) is 7.83. The summed E-state index contributed by atoms with van der Waals surface area (Å²) in [5, 5.41) is 0. The van der Waals surface area contributed by atoms with Crippen molar-refractivity contribution < 1.29 is 19.1 Å². The molecule has 116 valence electrons. The molecule has 1 saturated carbocycles. The second-order valence-corrected chi connectivity index (χ2v) is 5.24. The third kappa shape index (κ3) is 5.39. The maximum Gasteiger partial charge on any atom is 0.419 e. The average molecular weight is 285 g/mol. The summed E-state index contributed by atoms with van der Waals surface area (Å²) < 4.78 is 10.3. The molecule has 0 saturated heterocycles. The predicted octanol–water partition coefficient (Wildman–Crippen LogP) is 4.10. The topological polar surface area (TPSA) is 55.8 Å². The fraction of sp³-hybridized carbons (Fsp3) is 0.867. The van der Waals surface area contributed by atoms with E-state index in [9.17, 15) is 9.59 Å². The Kier molecular flexibility index (Phi) is 8.07. The molecular formula is C15H27NO4. The van der Waals surface area contributed by atoms with Crippen molar-refractivity contribution in [2.45, 2.75) is 71.3 Å². The molecular weight excluding hydrogens is 258 g/mol. The van der Waals surface area contributed by atoms with Gasteiger partial charge in [-0.15, -0.1) is 0 Å². The van der Waals surface area contributed by atoms with Crippen molar-refractivity contribution in [2.24, 2.45) is 0 Å². The van der Waals surface area contributed by atoms with Gasteiger partial charge in [-0.3, -0.25) is 0 Å². The van der Waals surface area contributed by atoms with Crippen molar-refractivity contribution in [1.82, 2.24) is 4.90 Å². The van der Waals surface area contributed by atoms with Crippen molar-refractivity contribution in [2.75, 3.05) is 13.2 Å². The van der Waals surface area contributed by atoms with Gasteiger partial charge in [0.2, 0.25) is 0 Å². The lowest BCUT2D eigenvalue weighted by atomic mass is 10.2. The molecule has 0 aromatic rings. The van der Waals surface area contributed by atoms with E-state index in [0.717, 1.165) is 51.4 Å². The summed E-state index contributed by atoms with van der Waals surface area (Å²) >= 11 is 0. The number of amides is 2. The van der Waals surface area contributed by atoms with E-state index >= 15 is 0 Å². The molecule has 0 unspecified atom stereocenters. The van der Waals surface area contributed by atoms with E-state index in [1.165, 1.54) is 4.90 Å². The zero-order valence-corrected chi connectivity index (χ0v) is 12.7. The van der Waals surface area contributed by atoms with Gasteiger partial charge in [-0.05, 0) is 25.7 Å². The summed E-state index contributed by atoms with van der Waals surface area (Å²) in [4.78, 5) is 25.4. The SMILES string of the molecule is CCCCOC(=O)N(C(=O)OCCCC)C1CCCC1. The quantitative estimate of drug-likeness (QED) is 0.661. The zero-order valence-electron chi connectivity index (χ0n) is 12.7. The molecule has 0 N–H and O–H groups in total. The third-order valence-corrected chi connectivity index (χ3v) is 3.53. The Morgan fingerprint density at radius 2 is 1.40 bits per heavy atom. The van der Waals surface area contributed by atoms with Gasteiger partial charge < -0.3 is 9.47 Å². The summed E-state index contributed by atoms with van der Waals surface area (Å²) in [6.07, 6.45) is 6.24. The lowest BCUT2D eigenvalue weighted by Gasteiger charge is -2.25. The fourth-order valence-electron chi connectivity index (χ4n) is 2.28. The Balaban J connectivity index is 2.54. The monoisotopic (exact) mass is 285 g/mol. The maximum absolute atomic E-state index is 12.1. The number of imide groups is 1. The summed E-state index contributed by atoms with van der Waals surface area (Å²) in [5.41, 5.74) is 0. The first kappa shape index (κ1) is 16.8. The number of unbranched alkanes of at least 4 members (excludes halogenated alkanes) is 2. The van der Waals surface area contributed by atoms with Crippen LogP contribution in [0.25, 0.3) is 0 Å². The van der Waals surface area contributed by atoms with Crippen molar-refractivity contribution >= 4 is 12.2 Å². The van der Waals surface area contributed by atoms with E-state index in [1.807, 2.05) is 13.8 Å². The molecule has 5 heteroatoms. The Morgan fingerprint density at radius 1 is 0.950 bits per heavy atom. The molecule has 0 aromatic heterocycles. The zero-order chi connectivity index (χ0) is 14.8. The number of hydrogen-bond donors (Lipinski definition) is 0. The summed E-state index contributed by atoms with van der Waals surface area (Å²) in [6.45, 7) is 4.78. The maximum atomic E-state index is 12.1. The summed E-state index contributed by atoms with van der Waals surface area (Å²) in [6, 6.07) is -0.0572. The van der Waals surface area contributed by atoms with Gasteiger partial charge in [0.15, 0.2) is 0 Å². The molecule has 0 spiro atoms. The van der Waals surface area contributed by atoms with Crippen LogP contribution >= 0.6 is 0 Å². The van der Waals surface area contributed by atoms with Gasteiger partial charge in [0.25, 0.3) is 0 Å². The smallest absolute Gasteiger partial charge is 0.419 e. The number of carbonyl (C=O) groups is 2. The predicted molar refractivity (Wildman–Crippen MR) is 76.6 cm³/mol. The van der Waals surface area contributed by atoms with Crippen molar-refractivity contribution in [3.63, 3.8) is 0 Å².